The highest BCUT2D eigenvalue weighted by Crippen LogP contribution is 2.44. The Bertz CT molecular complexity index is 997. The number of halogens is 1. The minimum Gasteiger partial charge on any atom is -0.489 e. The van der Waals surface area contributed by atoms with Crippen molar-refractivity contribution in [2.75, 3.05) is 0 Å². The van der Waals surface area contributed by atoms with E-state index in [1.807, 2.05) is 35.1 Å². The molecule has 2 atom stereocenters. The molecule has 1 saturated carbocycles. The summed E-state index contributed by atoms with van der Waals surface area (Å²) < 4.78 is 32.9. The zero-order chi connectivity index (χ0) is 20.2. The van der Waals surface area contributed by atoms with Gasteiger partial charge in [-0.3, -0.25) is 9.59 Å². The lowest BCUT2D eigenvalue weighted by atomic mass is 10.2. The van der Waals surface area contributed by atoms with Crippen LogP contribution in [0.25, 0.3) is 0 Å². The molecule has 2 amide bonds. The number of sulfonamides is 1. The van der Waals surface area contributed by atoms with Crippen molar-refractivity contribution in [3.63, 3.8) is 0 Å². The molecule has 2 N–H and O–H groups in total. The third-order valence-electron chi connectivity index (χ3n) is 4.61. The largest absolute Gasteiger partial charge is 0.489 e. The summed E-state index contributed by atoms with van der Waals surface area (Å²) in [4.78, 5) is 23.2. The molecule has 2 aromatic carbocycles. The molecule has 0 radical (unpaired) electrons. The van der Waals surface area contributed by atoms with Gasteiger partial charge in [-0.15, -0.1) is 19.0 Å². The SMILES string of the molecule is C=C[C@@H]1C[C@]1(NC=O)C(=O)NS(=O)(=O)c1cccc(OCc2ccccc2)c1.Cl. The Balaban J connectivity index is 0.00000300. The van der Waals surface area contributed by atoms with E-state index in [1.54, 1.807) is 6.07 Å². The van der Waals surface area contributed by atoms with Gasteiger partial charge in [-0.2, -0.15) is 0 Å². The smallest absolute Gasteiger partial charge is 0.264 e. The Morgan fingerprint density at radius 3 is 2.55 bits per heavy atom. The summed E-state index contributed by atoms with van der Waals surface area (Å²) in [5.74, 6) is -0.746. The van der Waals surface area contributed by atoms with Crippen LogP contribution in [-0.4, -0.2) is 26.3 Å². The first kappa shape index (κ1) is 22.4. The predicted molar refractivity (Wildman–Crippen MR) is 110 cm³/mol. The lowest BCUT2D eigenvalue weighted by molar-refractivity contribution is -0.125. The van der Waals surface area contributed by atoms with Gasteiger partial charge in [0.1, 0.15) is 17.9 Å². The third kappa shape index (κ3) is 4.96. The van der Waals surface area contributed by atoms with Crippen molar-refractivity contribution >= 4 is 34.7 Å². The van der Waals surface area contributed by atoms with Gasteiger partial charge < -0.3 is 10.1 Å². The molecule has 1 fully saturated rings. The zero-order valence-electron chi connectivity index (χ0n) is 15.4. The molecule has 0 aliphatic heterocycles. The molecule has 0 spiro atoms. The van der Waals surface area contributed by atoms with Crippen LogP contribution < -0.4 is 14.8 Å². The summed E-state index contributed by atoms with van der Waals surface area (Å²) in [7, 11) is -4.13. The second kappa shape index (κ2) is 9.11. The van der Waals surface area contributed by atoms with Crippen LogP contribution in [0.3, 0.4) is 0 Å². The van der Waals surface area contributed by atoms with Gasteiger partial charge >= 0.3 is 0 Å². The van der Waals surface area contributed by atoms with Crippen LogP contribution in [0.15, 0.2) is 72.1 Å². The summed E-state index contributed by atoms with van der Waals surface area (Å²) in [5.41, 5.74) is -0.326. The minimum absolute atomic E-state index is 0. The highest BCUT2D eigenvalue weighted by molar-refractivity contribution is 7.90. The normalized spacial score (nSPS) is 19.9. The number of nitrogens with one attached hydrogen (secondary N) is 2. The third-order valence-corrected chi connectivity index (χ3v) is 5.94. The Kier molecular flexibility index (Phi) is 7.05. The lowest BCUT2D eigenvalue weighted by Crippen LogP contribution is -2.49. The van der Waals surface area contributed by atoms with Crippen LogP contribution >= 0.6 is 12.4 Å². The van der Waals surface area contributed by atoms with Crippen molar-refractivity contribution in [3.8, 4) is 5.75 Å². The van der Waals surface area contributed by atoms with Gasteiger partial charge in [-0.25, -0.2) is 13.1 Å². The summed E-state index contributed by atoms with van der Waals surface area (Å²) in [5, 5.41) is 2.40. The second-order valence-electron chi connectivity index (χ2n) is 6.46. The maximum Gasteiger partial charge on any atom is 0.264 e. The van der Waals surface area contributed by atoms with Gasteiger partial charge in [0, 0.05) is 12.0 Å². The zero-order valence-corrected chi connectivity index (χ0v) is 17.0. The Morgan fingerprint density at radius 2 is 1.93 bits per heavy atom. The lowest BCUT2D eigenvalue weighted by Gasteiger charge is -2.16. The molecule has 29 heavy (non-hydrogen) atoms. The van der Waals surface area contributed by atoms with Gasteiger partial charge in [0.05, 0.1) is 4.90 Å². The van der Waals surface area contributed by atoms with Crippen molar-refractivity contribution in [2.24, 2.45) is 5.92 Å². The Hall–Kier alpha value is -2.84. The van der Waals surface area contributed by atoms with Gasteiger partial charge in [0.15, 0.2) is 0 Å². The highest BCUT2D eigenvalue weighted by atomic mass is 35.5. The molecule has 1 aliphatic carbocycles. The molecule has 0 heterocycles. The summed E-state index contributed by atoms with van der Waals surface area (Å²) in [6, 6.07) is 15.3. The fourth-order valence-electron chi connectivity index (χ4n) is 2.91. The number of carbonyl (C=O) groups is 2. The number of hydrogen-bond donors (Lipinski definition) is 2. The molecule has 1 aliphatic rings. The van der Waals surface area contributed by atoms with Crippen LogP contribution in [-0.2, 0) is 26.2 Å². The molecule has 0 unspecified atom stereocenters. The number of rotatable bonds is 9. The molecule has 0 bridgehead atoms. The first-order chi connectivity index (χ1) is 13.4. The van der Waals surface area contributed by atoms with Crippen molar-refractivity contribution in [1.82, 2.24) is 10.0 Å². The average molecular weight is 437 g/mol. The maximum atomic E-state index is 12.6. The topological polar surface area (TPSA) is 102 Å². The van der Waals surface area contributed by atoms with E-state index >= 15 is 0 Å². The minimum atomic E-state index is -4.13. The molecular formula is C20H21ClN2O5S. The van der Waals surface area contributed by atoms with Gasteiger partial charge in [-0.1, -0.05) is 42.5 Å². The van der Waals surface area contributed by atoms with Crippen LogP contribution in [0.5, 0.6) is 5.75 Å². The van der Waals surface area contributed by atoms with Gasteiger partial charge in [-0.05, 0) is 24.1 Å². The number of ether oxygens (including phenoxy) is 1. The van der Waals surface area contributed by atoms with E-state index in [0.29, 0.717) is 18.6 Å². The standard InChI is InChI=1S/C20H20N2O5S.ClH/c1-2-16-12-20(16,21-14-23)19(24)22-28(25,26)18-10-6-9-17(11-18)27-13-15-7-4-3-5-8-15;/h2-11,14,16H,1,12-13H2,(H,21,23)(H,22,24);1H/t16-,20-;/m1./s1. The molecule has 3 rings (SSSR count). The van der Waals surface area contributed by atoms with E-state index in [4.69, 9.17) is 4.74 Å². The number of hydrogen-bond acceptors (Lipinski definition) is 5. The van der Waals surface area contributed by atoms with E-state index < -0.39 is 21.5 Å². The molecule has 7 nitrogen and oxygen atoms in total. The monoisotopic (exact) mass is 436 g/mol. The van der Waals surface area contributed by atoms with Crippen molar-refractivity contribution in [1.29, 1.82) is 0 Å². The molecule has 2 aromatic rings. The Labute approximate surface area is 175 Å². The molecule has 154 valence electrons. The fraction of sp³-hybridized carbons (Fsp3) is 0.200. The molecule has 0 saturated heterocycles. The van der Waals surface area contributed by atoms with E-state index in [-0.39, 0.29) is 29.8 Å². The van der Waals surface area contributed by atoms with Crippen molar-refractivity contribution in [3.05, 3.63) is 72.8 Å². The first-order valence-corrected chi connectivity index (χ1v) is 10.1. The second-order valence-corrected chi connectivity index (χ2v) is 8.15. The summed E-state index contributed by atoms with van der Waals surface area (Å²) in [6.45, 7) is 3.87. The van der Waals surface area contributed by atoms with Crippen LogP contribution in [0.4, 0.5) is 0 Å². The quantitative estimate of drug-likeness (QED) is 0.463. The first-order valence-electron chi connectivity index (χ1n) is 8.59. The predicted octanol–water partition coefficient (Wildman–Crippen LogP) is 2.18. The van der Waals surface area contributed by atoms with E-state index in [2.05, 4.69) is 11.9 Å². The molecule has 0 aromatic heterocycles. The Morgan fingerprint density at radius 1 is 1.21 bits per heavy atom. The van der Waals surface area contributed by atoms with Crippen LogP contribution in [0.1, 0.15) is 12.0 Å². The van der Waals surface area contributed by atoms with Gasteiger partial charge in [0.2, 0.25) is 6.41 Å². The molecule has 9 heteroatoms. The van der Waals surface area contributed by atoms with Crippen LogP contribution in [0.2, 0.25) is 0 Å². The number of carbonyl (C=O) groups excluding carboxylic acids is 2. The summed E-state index contributed by atoms with van der Waals surface area (Å²) in [6.07, 6.45) is 2.20. The molecular weight excluding hydrogens is 416 g/mol. The van der Waals surface area contributed by atoms with Crippen molar-refractivity contribution in [2.45, 2.75) is 23.5 Å². The summed E-state index contributed by atoms with van der Waals surface area (Å²) >= 11 is 0. The number of amides is 2. The van der Waals surface area contributed by atoms with Gasteiger partial charge in [0.25, 0.3) is 15.9 Å². The maximum absolute atomic E-state index is 12.6. The highest BCUT2D eigenvalue weighted by Gasteiger charge is 2.59. The van der Waals surface area contributed by atoms with Crippen LogP contribution in [0, 0.1) is 5.92 Å². The average Bonchev–Trinajstić information content (AvgIpc) is 3.42. The van der Waals surface area contributed by atoms with Crippen molar-refractivity contribution < 1.29 is 22.7 Å². The van der Waals surface area contributed by atoms with E-state index in [9.17, 15) is 18.0 Å². The van der Waals surface area contributed by atoms with E-state index in [1.165, 1.54) is 24.3 Å². The van der Waals surface area contributed by atoms with E-state index in [0.717, 1.165) is 5.56 Å². The number of benzene rings is 2. The fourth-order valence-corrected chi connectivity index (χ4v) is 3.99.